The molecule has 1 aromatic heterocycles. The third kappa shape index (κ3) is 4.27. The summed E-state index contributed by atoms with van der Waals surface area (Å²) in [4.78, 5) is 4.06. The average molecular weight is 209 g/mol. The fourth-order valence-corrected chi connectivity index (χ4v) is 1.27. The topological polar surface area (TPSA) is 39.1 Å². The molecule has 1 aromatic rings. The monoisotopic (exact) mass is 209 g/mol. The van der Waals surface area contributed by atoms with Crippen LogP contribution in [0.25, 0.3) is 6.08 Å². The van der Waals surface area contributed by atoms with E-state index in [4.69, 9.17) is 4.74 Å². The Kier molecular flexibility index (Phi) is 5.07. The van der Waals surface area contributed by atoms with Crippen molar-refractivity contribution in [3.63, 3.8) is 0 Å². The third-order valence-electron chi connectivity index (χ3n) is 2.14. The first-order valence-corrected chi connectivity index (χ1v) is 5.07. The third-order valence-corrected chi connectivity index (χ3v) is 2.14. The van der Waals surface area contributed by atoms with E-state index in [0.29, 0.717) is 0 Å². The van der Waals surface area contributed by atoms with Crippen LogP contribution in [0.5, 0.6) is 0 Å². The first kappa shape index (κ1) is 11.9. The predicted octanol–water partition coefficient (Wildman–Crippen LogP) is 1.06. The van der Waals surface area contributed by atoms with Crippen molar-refractivity contribution >= 4 is 6.08 Å². The SMILES string of the molecule is COCCNCC(C)=Cc1cncn1C. The number of hydrogen-bond donors (Lipinski definition) is 1. The van der Waals surface area contributed by atoms with Gasteiger partial charge in [0.1, 0.15) is 0 Å². The molecule has 15 heavy (non-hydrogen) atoms. The van der Waals surface area contributed by atoms with E-state index >= 15 is 0 Å². The van der Waals surface area contributed by atoms with Gasteiger partial charge in [-0.25, -0.2) is 4.98 Å². The first-order chi connectivity index (χ1) is 7.24. The van der Waals surface area contributed by atoms with E-state index in [2.05, 4.69) is 23.3 Å². The van der Waals surface area contributed by atoms with Gasteiger partial charge in [0.15, 0.2) is 0 Å². The predicted molar refractivity (Wildman–Crippen MR) is 61.6 cm³/mol. The van der Waals surface area contributed by atoms with E-state index in [-0.39, 0.29) is 0 Å². The molecule has 0 saturated heterocycles. The number of hydrogen-bond acceptors (Lipinski definition) is 3. The summed E-state index contributed by atoms with van der Waals surface area (Å²) >= 11 is 0. The highest BCUT2D eigenvalue weighted by Crippen LogP contribution is 2.03. The van der Waals surface area contributed by atoms with E-state index in [1.165, 1.54) is 5.57 Å². The molecule has 0 saturated carbocycles. The molecule has 4 heteroatoms. The van der Waals surface area contributed by atoms with Gasteiger partial charge in [-0.15, -0.1) is 0 Å². The number of rotatable bonds is 6. The van der Waals surface area contributed by atoms with Gasteiger partial charge in [0.05, 0.1) is 24.8 Å². The Morgan fingerprint density at radius 1 is 1.67 bits per heavy atom. The number of nitrogens with one attached hydrogen (secondary N) is 1. The van der Waals surface area contributed by atoms with Crippen LogP contribution in [0.3, 0.4) is 0 Å². The molecule has 0 bridgehead atoms. The van der Waals surface area contributed by atoms with Gasteiger partial charge in [0.2, 0.25) is 0 Å². The van der Waals surface area contributed by atoms with E-state index in [9.17, 15) is 0 Å². The Balaban J connectivity index is 2.36. The Morgan fingerprint density at radius 3 is 3.07 bits per heavy atom. The lowest BCUT2D eigenvalue weighted by atomic mass is 10.2. The highest BCUT2D eigenvalue weighted by atomic mass is 16.5. The molecule has 4 nitrogen and oxygen atoms in total. The zero-order chi connectivity index (χ0) is 11.1. The normalized spacial score (nSPS) is 12.1. The summed E-state index contributed by atoms with van der Waals surface area (Å²) < 4.78 is 6.95. The molecule has 0 aromatic carbocycles. The molecule has 0 atom stereocenters. The first-order valence-electron chi connectivity index (χ1n) is 5.07. The lowest BCUT2D eigenvalue weighted by Gasteiger charge is -2.04. The molecule has 0 unspecified atom stereocenters. The van der Waals surface area contributed by atoms with Gasteiger partial charge >= 0.3 is 0 Å². The quantitative estimate of drug-likeness (QED) is 0.712. The molecule has 0 amide bonds. The summed E-state index contributed by atoms with van der Waals surface area (Å²) in [6.45, 7) is 4.62. The Hall–Kier alpha value is -1.13. The second kappa shape index (κ2) is 6.37. The van der Waals surface area contributed by atoms with Gasteiger partial charge in [0.25, 0.3) is 0 Å². The van der Waals surface area contributed by atoms with Crippen LogP contribution in [0.2, 0.25) is 0 Å². The Labute approximate surface area is 91.0 Å². The highest BCUT2D eigenvalue weighted by molar-refractivity contribution is 5.48. The molecule has 0 spiro atoms. The van der Waals surface area contributed by atoms with Crippen LogP contribution in [-0.2, 0) is 11.8 Å². The highest BCUT2D eigenvalue weighted by Gasteiger charge is 1.95. The Morgan fingerprint density at radius 2 is 2.47 bits per heavy atom. The van der Waals surface area contributed by atoms with Gasteiger partial charge in [-0.3, -0.25) is 0 Å². The molecule has 0 aliphatic rings. The molecule has 1 heterocycles. The van der Waals surface area contributed by atoms with Crippen LogP contribution in [0.15, 0.2) is 18.1 Å². The van der Waals surface area contributed by atoms with Crippen LogP contribution < -0.4 is 5.32 Å². The van der Waals surface area contributed by atoms with Crippen LogP contribution in [-0.4, -0.2) is 36.4 Å². The van der Waals surface area contributed by atoms with Crippen molar-refractivity contribution in [3.05, 3.63) is 23.8 Å². The second-order valence-corrected chi connectivity index (χ2v) is 3.59. The van der Waals surface area contributed by atoms with Crippen LogP contribution in [0.4, 0.5) is 0 Å². The maximum Gasteiger partial charge on any atom is 0.0948 e. The molecular formula is C11H19N3O. The van der Waals surface area contributed by atoms with Gasteiger partial charge in [-0.1, -0.05) is 5.57 Å². The van der Waals surface area contributed by atoms with Crippen LogP contribution >= 0.6 is 0 Å². The van der Waals surface area contributed by atoms with Gasteiger partial charge in [-0.2, -0.15) is 0 Å². The summed E-state index contributed by atoms with van der Waals surface area (Å²) in [7, 11) is 3.70. The fraction of sp³-hybridized carbons (Fsp3) is 0.545. The second-order valence-electron chi connectivity index (χ2n) is 3.59. The Bertz CT molecular complexity index is 317. The number of aromatic nitrogens is 2. The lowest BCUT2D eigenvalue weighted by molar-refractivity contribution is 0.200. The van der Waals surface area contributed by atoms with Crippen molar-refractivity contribution in [2.75, 3.05) is 26.8 Å². The summed E-state index contributed by atoms with van der Waals surface area (Å²) in [5, 5.41) is 3.30. The maximum atomic E-state index is 4.95. The smallest absolute Gasteiger partial charge is 0.0948 e. The molecule has 1 N–H and O–H groups in total. The van der Waals surface area contributed by atoms with Gasteiger partial charge < -0.3 is 14.6 Å². The summed E-state index contributed by atoms with van der Waals surface area (Å²) in [5.74, 6) is 0. The van der Waals surface area contributed by atoms with Crippen molar-refractivity contribution in [3.8, 4) is 0 Å². The van der Waals surface area contributed by atoms with Crippen LogP contribution in [0, 0.1) is 0 Å². The number of ether oxygens (including phenoxy) is 1. The zero-order valence-corrected chi connectivity index (χ0v) is 9.66. The maximum absolute atomic E-state index is 4.95. The molecule has 0 aliphatic heterocycles. The van der Waals surface area contributed by atoms with E-state index in [1.54, 1.807) is 13.4 Å². The van der Waals surface area contributed by atoms with Crippen molar-refractivity contribution in [1.82, 2.24) is 14.9 Å². The molecule has 0 fully saturated rings. The largest absolute Gasteiger partial charge is 0.383 e. The molecule has 0 aliphatic carbocycles. The number of methoxy groups -OCH3 is 1. The summed E-state index contributed by atoms with van der Waals surface area (Å²) in [6, 6.07) is 0. The number of imidazole rings is 1. The van der Waals surface area contributed by atoms with Crippen LogP contribution in [0.1, 0.15) is 12.6 Å². The van der Waals surface area contributed by atoms with E-state index in [1.807, 2.05) is 17.8 Å². The van der Waals surface area contributed by atoms with Crippen molar-refractivity contribution in [1.29, 1.82) is 0 Å². The standard InChI is InChI=1S/C11H19N3O/c1-10(7-12-4-5-15-3)6-11-8-13-9-14(11)2/h6,8-9,12H,4-5,7H2,1-3H3. The van der Waals surface area contributed by atoms with Gasteiger partial charge in [0, 0.05) is 27.2 Å². The molecule has 0 radical (unpaired) electrons. The zero-order valence-electron chi connectivity index (χ0n) is 9.66. The average Bonchev–Trinajstić information content (AvgIpc) is 2.59. The molecular weight excluding hydrogens is 190 g/mol. The summed E-state index contributed by atoms with van der Waals surface area (Å²) in [6.07, 6.45) is 5.79. The van der Waals surface area contributed by atoms with Crippen molar-refractivity contribution < 1.29 is 4.74 Å². The fourth-order valence-electron chi connectivity index (χ4n) is 1.27. The van der Waals surface area contributed by atoms with E-state index < -0.39 is 0 Å². The summed E-state index contributed by atoms with van der Waals surface area (Å²) in [5.41, 5.74) is 2.41. The van der Waals surface area contributed by atoms with Crippen molar-refractivity contribution in [2.45, 2.75) is 6.92 Å². The van der Waals surface area contributed by atoms with Crippen molar-refractivity contribution in [2.24, 2.45) is 7.05 Å². The minimum absolute atomic E-state index is 0.749. The van der Waals surface area contributed by atoms with Gasteiger partial charge in [-0.05, 0) is 13.0 Å². The number of nitrogens with zero attached hydrogens (tertiary/aromatic N) is 2. The number of aryl methyl sites for hydroxylation is 1. The lowest BCUT2D eigenvalue weighted by Crippen LogP contribution is -2.20. The minimum atomic E-state index is 0.749. The molecule has 84 valence electrons. The van der Waals surface area contributed by atoms with E-state index in [0.717, 1.165) is 25.4 Å². The minimum Gasteiger partial charge on any atom is -0.383 e. The molecule has 1 rings (SSSR count).